The third kappa shape index (κ3) is 4.95. The molecule has 0 saturated carbocycles. The van der Waals surface area contributed by atoms with Crippen LogP contribution in [-0.2, 0) is 16.1 Å². The Morgan fingerprint density at radius 3 is 2.76 bits per heavy atom. The van der Waals surface area contributed by atoms with Gasteiger partial charge in [0.15, 0.2) is 0 Å². The van der Waals surface area contributed by atoms with Crippen molar-refractivity contribution in [2.75, 3.05) is 39.9 Å². The van der Waals surface area contributed by atoms with Crippen molar-refractivity contribution in [2.24, 2.45) is 11.3 Å². The van der Waals surface area contributed by atoms with E-state index in [0.29, 0.717) is 12.5 Å². The molecule has 0 radical (unpaired) electrons. The zero-order valence-corrected chi connectivity index (χ0v) is 18.3. The molecule has 0 N–H and O–H groups in total. The monoisotopic (exact) mass is 400 g/mol. The zero-order chi connectivity index (χ0) is 20.5. The van der Waals surface area contributed by atoms with E-state index >= 15 is 0 Å². The molecule has 5 heteroatoms. The predicted octanol–water partition coefficient (Wildman–Crippen LogP) is 3.71. The number of ether oxygens (including phenoxy) is 2. The first-order chi connectivity index (χ1) is 13.9. The molecule has 1 aromatic carbocycles. The molecule has 0 aromatic heterocycles. The Hall–Kier alpha value is -1.59. The Morgan fingerprint density at radius 1 is 1.24 bits per heavy atom. The number of rotatable bonds is 5. The van der Waals surface area contributed by atoms with Gasteiger partial charge in [0, 0.05) is 32.7 Å². The molecule has 5 nitrogen and oxygen atoms in total. The van der Waals surface area contributed by atoms with Crippen molar-refractivity contribution in [1.29, 1.82) is 0 Å². The predicted molar refractivity (Wildman–Crippen MR) is 114 cm³/mol. The standard InChI is InChI=1S/C24H36N2O3/c1-23(2)14-20(7-12-29-23)16-25-10-8-24(9-11-25)15-22(27)26(18-24)17-19-5-4-6-21(13-19)28-3/h4-6,13,20H,7-12,14-18H2,1-3H3/t20-/m1/s1. The minimum atomic E-state index is 0.0262. The van der Waals surface area contributed by atoms with Crippen molar-refractivity contribution in [3.05, 3.63) is 29.8 Å². The van der Waals surface area contributed by atoms with E-state index in [0.717, 1.165) is 69.2 Å². The van der Waals surface area contributed by atoms with Crippen molar-refractivity contribution in [3.8, 4) is 5.75 Å². The normalized spacial score (nSPS) is 26.8. The van der Waals surface area contributed by atoms with Crippen LogP contribution in [0.5, 0.6) is 5.75 Å². The van der Waals surface area contributed by atoms with E-state index in [1.807, 2.05) is 18.2 Å². The fraction of sp³-hybridized carbons (Fsp3) is 0.708. The molecule has 3 fully saturated rings. The molecule has 29 heavy (non-hydrogen) atoms. The first-order valence-corrected chi connectivity index (χ1v) is 11.1. The second-order valence-corrected chi connectivity index (χ2v) is 10.0. The van der Waals surface area contributed by atoms with E-state index in [1.165, 1.54) is 13.0 Å². The van der Waals surface area contributed by atoms with Gasteiger partial charge in [-0.1, -0.05) is 12.1 Å². The van der Waals surface area contributed by atoms with Gasteiger partial charge < -0.3 is 19.3 Å². The molecule has 1 amide bonds. The summed E-state index contributed by atoms with van der Waals surface area (Å²) in [5.74, 6) is 1.91. The Balaban J connectivity index is 1.30. The maximum atomic E-state index is 12.7. The lowest BCUT2D eigenvalue weighted by Gasteiger charge is -2.42. The van der Waals surface area contributed by atoms with Crippen LogP contribution >= 0.6 is 0 Å². The summed E-state index contributed by atoms with van der Waals surface area (Å²) in [4.78, 5) is 17.4. The minimum Gasteiger partial charge on any atom is -0.497 e. The molecule has 0 bridgehead atoms. The smallest absolute Gasteiger partial charge is 0.223 e. The molecule has 1 spiro atoms. The van der Waals surface area contributed by atoms with Crippen LogP contribution in [0.15, 0.2) is 24.3 Å². The Morgan fingerprint density at radius 2 is 2.03 bits per heavy atom. The highest BCUT2D eigenvalue weighted by molar-refractivity contribution is 5.79. The highest BCUT2D eigenvalue weighted by Crippen LogP contribution is 2.42. The number of nitrogens with zero attached hydrogens (tertiary/aromatic N) is 2. The van der Waals surface area contributed by atoms with Gasteiger partial charge in [-0.05, 0) is 81.6 Å². The van der Waals surface area contributed by atoms with E-state index in [4.69, 9.17) is 9.47 Å². The lowest BCUT2D eigenvalue weighted by Crippen LogP contribution is -2.45. The van der Waals surface area contributed by atoms with Crippen LogP contribution in [0.4, 0.5) is 0 Å². The Kier molecular flexibility index (Phi) is 5.90. The van der Waals surface area contributed by atoms with Crippen molar-refractivity contribution in [2.45, 2.75) is 58.1 Å². The fourth-order valence-electron chi connectivity index (χ4n) is 5.54. The van der Waals surface area contributed by atoms with E-state index in [2.05, 4.69) is 29.7 Å². The number of hydrogen-bond donors (Lipinski definition) is 0. The molecule has 0 unspecified atom stereocenters. The Labute approximate surface area is 175 Å². The number of hydrogen-bond acceptors (Lipinski definition) is 4. The highest BCUT2D eigenvalue weighted by Gasteiger charge is 2.45. The molecule has 0 aliphatic carbocycles. The molecular formula is C24H36N2O3. The van der Waals surface area contributed by atoms with Crippen LogP contribution in [-0.4, -0.2) is 61.2 Å². The second kappa shape index (κ2) is 8.27. The van der Waals surface area contributed by atoms with Crippen LogP contribution in [0, 0.1) is 11.3 Å². The SMILES string of the molecule is COc1cccc(CN2CC3(CCN(C[C@@H]4CCOC(C)(C)C4)CC3)CC2=O)c1. The molecule has 1 aromatic rings. The number of benzene rings is 1. The van der Waals surface area contributed by atoms with Crippen molar-refractivity contribution in [1.82, 2.24) is 9.80 Å². The van der Waals surface area contributed by atoms with Crippen molar-refractivity contribution < 1.29 is 14.3 Å². The second-order valence-electron chi connectivity index (χ2n) is 10.0. The zero-order valence-electron chi connectivity index (χ0n) is 18.3. The largest absolute Gasteiger partial charge is 0.497 e. The molecular weight excluding hydrogens is 364 g/mol. The van der Waals surface area contributed by atoms with Crippen molar-refractivity contribution in [3.63, 3.8) is 0 Å². The van der Waals surface area contributed by atoms with Gasteiger partial charge in [0.2, 0.25) is 5.91 Å². The number of carbonyl (C=O) groups is 1. The number of likely N-dealkylation sites (tertiary alicyclic amines) is 2. The first kappa shape index (κ1) is 20.7. The summed E-state index contributed by atoms with van der Waals surface area (Å²) in [5, 5.41) is 0. The van der Waals surface area contributed by atoms with E-state index in [9.17, 15) is 4.79 Å². The van der Waals surface area contributed by atoms with Crippen LogP contribution < -0.4 is 4.74 Å². The maximum absolute atomic E-state index is 12.7. The summed E-state index contributed by atoms with van der Waals surface area (Å²) in [6, 6.07) is 8.07. The first-order valence-electron chi connectivity index (χ1n) is 11.1. The van der Waals surface area contributed by atoms with Gasteiger partial charge >= 0.3 is 0 Å². The molecule has 3 heterocycles. The number of piperidine rings is 1. The summed E-state index contributed by atoms with van der Waals surface area (Å²) in [6.07, 6.45) is 5.33. The summed E-state index contributed by atoms with van der Waals surface area (Å²) < 4.78 is 11.2. The van der Waals surface area contributed by atoms with Gasteiger partial charge in [-0.25, -0.2) is 0 Å². The molecule has 1 atom stereocenters. The minimum absolute atomic E-state index is 0.0262. The number of carbonyl (C=O) groups excluding carboxylic acids is 1. The topological polar surface area (TPSA) is 42.0 Å². The van der Waals surface area contributed by atoms with E-state index < -0.39 is 0 Å². The third-order valence-corrected chi connectivity index (χ3v) is 7.15. The molecule has 160 valence electrons. The van der Waals surface area contributed by atoms with Gasteiger partial charge in [-0.3, -0.25) is 4.79 Å². The summed E-state index contributed by atoms with van der Waals surface area (Å²) in [6.45, 7) is 10.3. The van der Waals surface area contributed by atoms with Crippen LogP contribution in [0.2, 0.25) is 0 Å². The van der Waals surface area contributed by atoms with Gasteiger partial charge in [-0.15, -0.1) is 0 Å². The average Bonchev–Trinajstić information content (AvgIpc) is 2.98. The highest BCUT2D eigenvalue weighted by atomic mass is 16.5. The van der Waals surface area contributed by atoms with E-state index in [-0.39, 0.29) is 11.0 Å². The van der Waals surface area contributed by atoms with Crippen molar-refractivity contribution >= 4 is 5.91 Å². The lowest BCUT2D eigenvalue weighted by molar-refractivity contribution is -0.128. The third-order valence-electron chi connectivity index (χ3n) is 7.15. The quantitative estimate of drug-likeness (QED) is 0.756. The van der Waals surface area contributed by atoms with Gasteiger partial charge in [0.1, 0.15) is 5.75 Å². The van der Waals surface area contributed by atoms with Gasteiger partial charge in [-0.2, -0.15) is 0 Å². The number of amides is 1. The maximum Gasteiger partial charge on any atom is 0.223 e. The average molecular weight is 401 g/mol. The van der Waals surface area contributed by atoms with E-state index in [1.54, 1.807) is 7.11 Å². The van der Waals surface area contributed by atoms with Crippen LogP contribution in [0.25, 0.3) is 0 Å². The molecule has 3 aliphatic rings. The summed E-state index contributed by atoms with van der Waals surface area (Å²) in [5.41, 5.74) is 1.36. The fourth-order valence-corrected chi connectivity index (χ4v) is 5.54. The summed E-state index contributed by atoms with van der Waals surface area (Å²) >= 11 is 0. The molecule has 3 aliphatic heterocycles. The molecule has 3 saturated heterocycles. The molecule has 4 rings (SSSR count). The lowest BCUT2D eigenvalue weighted by atomic mass is 9.77. The van der Waals surface area contributed by atoms with Crippen LogP contribution in [0.1, 0.15) is 51.5 Å². The number of methoxy groups -OCH3 is 1. The summed E-state index contributed by atoms with van der Waals surface area (Å²) in [7, 11) is 1.68. The van der Waals surface area contributed by atoms with Gasteiger partial charge in [0.05, 0.1) is 12.7 Å². The van der Waals surface area contributed by atoms with Gasteiger partial charge in [0.25, 0.3) is 0 Å². The Bertz CT molecular complexity index is 725. The van der Waals surface area contributed by atoms with Crippen LogP contribution in [0.3, 0.4) is 0 Å².